The number of carbonyl (C=O) groups is 1. The monoisotopic (exact) mass is 272 g/mol. The van der Waals surface area contributed by atoms with Crippen LogP contribution in [0.2, 0.25) is 0 Å². The maximum atomic E-state index is 11.5. The second-order valence-electron chi connectivity index (χ2n) is 4.29. The molecule has 5 heteroatoms. The first-order chi connectivity index (χ1) is 9.56. The number of pyridine rings is 1. The number of anilines is 1. The van der Waals surface area contributed by atoms with Gasteiger partial charge in [0.2, 0.25) is 0 Å². The first-order valence-corrected chi connectivity index (χ1v) is 6.05. The number of hydrogen-bond donors (Lipinski definition) is 1. The molecule has 0 unspecified atom stereocenters. The molecule has 1 aromatic heterocycles. The number of ether oxygens (including phenoxy) is 2. The largest absolute Gasteiger partial charge is 0.491 e. The number of ketones is 1. The number of hydrogen-bond acceptors (Lipinski definition) is 5. The maximum absolute atomic E-state index is 11.5. The quantitative estimate of drug-likeness (QED) is 0.684. The lowest BCUT2D eigenvalue weighted by Crippen LogP contribution is -2.00. The molecule has 0 aliphatic carbocycles. The van der Waals surface area contributed by atoms with Crippen LogP contribution >= 0.6 is 0 Å². The maximum Gasteiger partial charge on any atom is 0.256 e. The van der Waals surface area contributed by atoms with Crippen LogP contribution < -0.4 is 15.2 Å². The number of nitrogens with two attached hydrogens (primary N) is 1. The number of Topliss-reactive ketones (excluding diaryl/α,β-unsaturated/α-hetero) is 1. The molecule has 0 radical (unpaired) electrons. The van der Waals surface area contributed by atoms with Crippen LogP contribution in [-0.2, 0) is 0 Å². The topological polar surface area (TPSA) is 74.4 Å². The molecular formula is C15H16N2O3. The zero-order valence-electron chi connectivity index (χ0n) is 11.6. The van der Waals surface area contributed by atoms with E-state index in [1.165, 1.54) is 14.0 Å². The van der Waals surface area contributed by atoms with Crippen LogP contribution in [0.15, 0.2) is 30.5 Å². The minimum Gasteiger partial charge on any atom is -0.491 e. The van der Waals surface area contributed by atoms with E-state index in [4.69, 9.17) is 15.2 Å². The van der Waals surface area contributed by atoms with Crippen LogP contribution in [0, 0.1) is 0 Å². The van der Waals surface area contributed by atoms with E-state index in [-0.39, 0.29) is 5.78 Å². The Morgan fingerprint density at radius 3 is 2.50 bits per heavy atom. The van der Waals surface area contributed by atoms with Crippen LogP contribution in [-0.4, -0.2) is 25.0 Å². The third kappa shape index (κ3) is 2.56. The molecule has 20 heavy (non-hydrogen) atoms. The lowest BCUT2D eigenvalue weighted by Gasteiger charge is -2.10. The summed E-state index contributed by atoms with van der Waals surface area (Å²) >= 11 is 0. The molecule has 1 heterocycles. The minimum atomic E-state index is -0.0715. The average Bonchev–Trinajstić information content (AvgIpc) is 2.46. The number of benzene rings is 1. The number of methoxy groups -OCH3 is 2. The summed E-state index contributed by atoms with van der Waals surface area (Å²) in [6.07, 6.45) is 1.66. The second-order valence-corrected chi connectivity index (χ2v) is 4.29. The predicted molar refractivity (Wildman–Crippen MR) is 77.2 cm³/mol. The number of aromatic nitrogens is 1. The summed E-state index contributed by atoms with van der Waals surface area (Å²) < 4.78 is 10.3. The molecule has 0 amide bonds. The fourth-order valence-electron chi connectivity index (χ4n) is 1.93. The van der Waals surface area contributed by atoms with Crippen LogP contribution in [0.4, 0.5) is 5.69 Å². The highest BCUT2D eigenvalue weighted by atomic mass is 16.5. The Labute approximate surface area is 117 Å². The molecule has 1 aromatic carbocycles. The third-order valence-electron chi connectivity index (χ3n) is 3.00. The molecule has 0 atom stereocenters. The Hall–Kier alpha value is -2.56. The summed E-state index contributed by atoms with van der Waals surface area (Å²) in [5.74, 6) is 0.877. The Morgan fingerprint density at radius 2 is 1.90 bits per heavy atom. The molecule has 0 aliphatic rings. The lowest BCUT2D eigenvalue weighted by atomic mass is 10.0. The van der Waals surface area contributed by atoms with Gasteiger partial charge in [-0.1, -0.05) is 6.07 Å². The summed E-state index contributed by atoms with van der Waals surface area (Å²) in [5.41, 5.74) is 8.42. The first kappa shape index (κ1) is 13.9. The van der Waals surface area contributed by atoms with Gasteiger partial charge in [-0.05, 0) is 30.7 Å². The van der Waals surface area contributed by atoms with Crippen molar-refractivity contribution in [1.29, 1.82) is 0 Å². The molecule has 5 nitrogen and oxygen atoms in total. The number of rotatable bonds is 4. The van der Waals surface area contributed by atoms with Crippen LogP contribution in [0.1, 0.15) is 17.3 Å². The second kappa shape index (κ2) is 5.61. The zero-order chi connectivity index (χ0) is 14.7. The number of nitrogens with zero attached hydrogens (tertiary/aromatic N) is 1. The fraction of sp³-hybridized carbons (Fsp3) is 0.200. The van der Waals surface area contributed by atoms with Crippen LogP contribution in [0.3, 0.4) is 0 Å². The van der Waals surface area contributed by atoms with Crippen molar-refractivity contribution in [2.45, 2.75) is 6.92 Å². The summed E-state index contributed by atoms with van der Waals surface area (Å²) in [5, 5.41) is 0. The molecule has 2 rings (SSSR count). The van der Waals surface area contributed by atoms with Gasteiger partial charge >= 0.3 is 0 Å². The van der Waals surface area contributed by atoms with Gasteiger partial charge in [0.05, 0.1) is 14.2 Å². The first-order valence-electron chi connectivity index (χ1n) is 6.05. The SMILES string of the molecule is COc1cc(-c2ccc(N)c(C(C)=O)c2)cnc1OC. The van der Waals surface area contributed by atoms with Gasteiger partial charge in [0, 0.05) is 23.0 Å². The molecule has 0 spiro atoms. The Bertz CT molecular complexity index is 654. The van der Waals surface area contributed by atoms with Crippen molar-refractivity contribution in [3.8, 4) is 22.8 Å². The zero-order valence-corrected chi connectivity index (χ0v) is 11.6. The van der Waals surface area contributed by atoms with Crippen LogP contribution in [0.25, 0.3) is 11.1 Å². The predicted octanol–water partition coefficient (Wildman–Crippen LogP) is 2.55. The van der Waals surface area contributed by atoms with Gasteiger partial charge in [-0.3, -0.25) is 4.79 Å². The molecule has 2 N–H and O–H groups in total. The molecule has 0 saturated heterocycles. The Kier molecular flexibility index (Phi) is 3.89. The lowest BCUT2D eigenvalue weighted by molar-refractivity contribution is 0.101. The van der Waals surface area contributed by atoms with Gasteiger partial charge < -0.3 is 15.2 Å². The molecule has 0 fully saturated rings. The molecule has 0 aliphatic heterocycles. The van der Waals surface area contributed by atoms with Crippen LogP contribution in [0.5, 0.6) is 11.6 Å². The van der Waals surface area contributed by atoms with E-state index in [9.17, 15) is 4.79 Å². The van der Waals surface area contributed by atoms with E-state index in [1.807, 2.05) is 6.07 Å². The van der Waals surface area contributed by atoms with Crippen molar-refractivity contribution in [1.82, 2.24) is 4.98 Å². The number of nitrogen functional groups attached to an aromatic ring is 1. The van der Waals surface area contributed by atoms with Crippen molar-refractivity contribution < 1.29 is 14.3 Å². The molecule has 0 saturated carbocycles. The van der Waals surface area contributed by atoms with Gasteiger partial charge in [0.15, 0.2) is 11.5 Å². The normalized spacial score (nSPS) is 10.2. The molecule has 2 aromatic rings. The standard InChI is InChI=1S/C15H16N2O3/c1-9(18)12-6-10(4-5-13(12)16)11-7-14(19-2)15(20-3)17-8-11/h4-8H,16H2,1-3H3. The summed E-state index contributed by atoms with van der Waals surface area (Å²) in [4.78, 5) is 15.7. The Balaban J connectivity index is 2.51. The third-order valence-corrected chi connectivity index (χ3v) is 3.00. The van der Waals surface area contributed by atoms with E-state index >= 15 is 0 Å². The number of carbonyl (C=O) groups excluding carboxylic acids is 1. The van der Waals surface area contributed by atoms with Crippen molar-refractivity contribution in [2.24, 2.45) is 0 Å². The van der Waals surface area contributed by atoms with Gasteiger partial charge in [0.25, 0.3) is 5.88 Å². The molecular weight excluding hydrogens is 256 g/mol. The smallest absolute Gasteiger partial charge is 0.256 e. The minimum absolute atomic E-state index is 0.0715. The van der Waals surface area contributed by atoms with Crippen molar-refractivity contribution in [3.63, 3.8) is 0 Å². The van der Waals surface area contributed by atoms with Gasteiger partial charge in [0.1, 0.15) is 0 Å². The highest BCUT2D eigenvalue weighted by molar-refractivity contribution is 6.00. The highest BCUT2D eigenvalue weighted by Gasteiger charge is 2.10. The van der Waals surface area contributed by atoms with E-state index in [0.717, 1.165) is 11.1 Å². The summed E-state index contributed by atoms with van der Waals surface area (Å²) in [7, 11) is 3.08. The highest BCUT2D eigenvalue weighted by Crippen LogP contribution is 2.31. The Morgan fingerprint density at radius 1 is 1.15 bits per heavy atom. The fourth-order valence-corrected chi connectivity index (χ4v) is 1.93. The van der Waals surface area contributed by atoms with Gasteiger partial charge in [-0.25, -0.2) is 4.98 Å². The van der Waals surface area contributed by atoms with Crippen molar-refractivity contribution in [3.05, 3.63) is 36.0 Å². The average molecular weight is 272 g/mol. The molecule has 104 valence electrons. The summed E-state index contributed by atoms with van der Waals surface area (Å²) in [6.45, 7) is 1.49. The summed E-state index contributed by atoms with van der Waals surface area (Å²) in [6, 6.07) is 7.11. The van der Waals surface area contributed by atoms with Gasteiger partial charge in [-0.2, -0.15) is 0 Å². The van der Waals surface area contributed by atoms with Crippen molar-refractivity contribution in [2.75, 3.05) is 20.0 Å². The molecule has 0 bridgehead atoms. The van der Waals surface area contributed by atoms with Gasteiger partial charge in [-0.15, -0.1) is 0 Å². The van der Waals surface area contributed by atoms with Crippen molar-refractivity contribution >= 4 is 11.5 Å². The van der Waals surface area contributed by atoms with E-state index < -0.39 is 0 Å². The van der Waals surface area contributed by atoms with E-state index in [0.29, 0.717) is 22.9 Å². The van der Waals surface area contributed by atoms with E-state index in [1.54, 1.807) is 31.5 Å². The van der Waals surface area contributed by atoms with E-state index in [2.05, 4.69) is 4.98 Å².